The zero-order valence-corrected chi connectivity index (χ0v) is 17.7. The number of nitrogens with zero attached hydrogens (tertiary/aromatic N) is 4. The Morgan fingerprint density at radius 1 is 1.37 bits per heavy atom. The molecule has 1 aromatic heterocycles. The number of allylic oxidation sites excluding steroid dienone is 2. The predicted octanol–water partition coefficient (Wildman–Crippen LogP) is 2.54. The second-order valence-electron chi connectivity index (χ2n) is 6.37. The van der Waals surface area contributed by atoms with Gasteiger partial charge in [0, 0.05) is 19.3 Å². The predicted molar refractivity (Wildman–Crippen MR) is 114 cm³/mol. The fourth-order valence-electron chi connectivity index (χ4n) is 2.79. The van der Waals surface area contributed by atoms with Crippen molar-refractivity contribution in [3.05, 3.63) is 59.3 Å². The highest BCUT2D eigenvalue weighted by molar-refractivity contribution is 8.03. The Morgan fingerprint density at radius 3 is 2.77 bits per heavy atom. The summed E-state index contributed by atoms with van der Waals surface area (Å²) in [6.45, 7) is 0.323. The first-order valence-corrected chi connectivity index (χ1v) is 11.3. The van der Waals surface area contributed by atoms with Gasteiger partial charge in [-0.25, -0.2) is 0 Å². The van der Waals surface area contributed by atoms with Crippen molar-refractivity contribution >= 4 is 39.2 Å². The first-order valence-electron chi connectivity index (χ1n) is 8.89. The Labute approximate surface area is 178 Å². The van der Waals surface area contributed by atoms with E-state index in [0.717, 1.165) is 10.7 Å². The first-order chi connectivity index (χ1) is 14.3. The minimum Gasteiger partial charge on any atom is -0.332 e. The van der Waals surface area contributed by atoms with Crippen molar-refractivity contribution in [2.24, 2.45) is 7.05 Å². The lowest BCUT2D eigenvalue weighted by Gasteiger charge is -2.18. The first kappa shape index (κ1) is 21.6. The Bertz CT molecular complexity index is 1150. The van der Waals surface area contributed by atoms with E-state index in [9.17, 15) is 18.5 Å². The molecule has 11 heteroatoms. The van der Waals surface area contributed by atoms with Gasteiger partial charge in [0.1, 0.15) is 16.7 Å². The highest BCUT2D eigenvalue weighted by Crippen LogP contribution is 2.45. The van der Waals surface area contributed by atoms with Crippen molar-refractivity contribution in [1.82, 2.24) is 9.78 Å². The van der Waals surface area contributed by atoms with E-state index in [-0.39, 0.29) is 17.7 Å². The lowest BCUT2D eigenvalue weighted by atomic mass is 10.2. The van der Waals surface area contributed by atoms with Crippen molar-refractivity contribution < 1.29 is 17.8 Å². The molecule has 2 aromatic rings. The van der Waals surface area contributed by atoms with Crippen molar-refractivity contribution in [3.8, 4) is 6.07 Å². The Hall–Kier alpha value is -3.07. The molecule has 1 amide bonds. The number of para-hydroxylation sites is 1. The number of carbonyl (C=O) groups excluding carboxylic acids is 1. The molecule has 1 aliphatic rings. The number of thioether (sulfide) groups is 1. The summed E-state index contributed by atoms with van der Waals surface area (Å²) in [4.78, 5) is 14.2. The largest absolute Gasteiger partial charge is 0.332 e. The molecule has 0 atom stereocenters. The van der Waals surface area contributed by atoms with Crippen LogP contribution in [0.15, 0.2) is 64.3 Å². The SMILES string of the molecule is Cn1ncc2c1S/C(=C\C=C(\C#N)C(=O)Nc1ccccc1)N2CCCS(=O)(=O)O. The van der Waals surface area contributed by atoms with Crippen LogP contribution >= 0.6 is 11.8 Å². The van der Waals surface area contributed by atoms with Gasteiger partial charge in [-0.1, -0.05) is 30.0 Å². The lowest BCUT2D eigenvalue weighted by molar-refractivity contribution is -0.112. The summed E-state index contributed by atoms with van der Waals surface area (Å²) in [5, 5.41) is 17.8. The van der Waals surface area contributed by atoms with Crippen molar-refractivity contribution in [2.45, 2.75) is 11.4 Å². The van der Waals surface area contributed by atoms with Crippen LogP contribution in [-0.2, 0) is 22.0 Å². The molecule has 9 nitrogen and oxygen atoms in total. The normalized spacial score (nSPS) is 15.2. The minimum absolute atomic E-state index is 0.0704. The fraction of sp³-hybridized carbons (Fsp3) is 0.211. The smallest absolute Gasteiger partial charge is 0.266 e. The van der Waals surface area contributed by atoms with E-state index in [1.165, 1.54) is 17.8 Å². The van der Waals surface area contributed by atoms with E-state index in [1.807, 2.05) is 17.0 Å². The number of anilines is 2. The van der Waals surface area contributed by atoms with Gasteiger partial charge < -0.3 is 10.2 Å². The summed E-state index contributed by atoms with van der Waals surface area (Å²) in [6, 6.07) is 10.7. The van der Waals surface area contributed by atoms with E-state index in [0.29, 0.717) is 17.3 Å². The van der Waals surface area contributed by atoms with E-state index < -0.39 is 16.0 Å². The van der Waals surface area contributed by atoms with Crippen LogP contribution in [0.25, 0.3) is 0 Å². The maximum atomic E-state index is 12.4. The third-order valence-corrected chi connectivity index (χ3v) is 6.23. The monoisotopic (exact) mass is 445 g/mol. The average Bonchev–Trinajstić information content (AvgIpc) is 3.22. The highest BCUT2D eigenvalue weighted by Gasteiger charge is 2.28. The van der Waals surface area contributed by atoms with Gasteiger partial charge in [-0.2, -0.15) is 18.8 Å². The summed E-state index contributed by atoms with van der Waals surface area (Å²) in [7, 11) is -2.27. The molecule has 1 aliphatic heterocycles. The number of amides is 1. The molecule has 0 saturated carbocycles. The van der Waals surface area contributed by atoms with Crippen LogP contribution in [0.3, 0.4) is 0 Å². The number of hydrogen-bond donors (Lipinski definition) is 2. The number of rotatable bonds is 7. The maximum absolute atomic E-state index is 12.4. The fourth-order valence-corrected chi connectivity index (χ4v) is 4.36. The lowest BCUT2D eigenvalue weighted by Crippen LogP contribution is -2.21. The van der Waals surface area contributed by atoms with Crippen molar-refractivity contribution in [3.63, 3.8) is 0 Å². The maximum Gasteiger partial charge on any atom is 0.266 e. The number of carbonyl (C=O) groups is 1. The molecule has 1 aromatic carbocycles. The Morgan fingerprint density at radius 2 is 2.10 bits per heavy atom. The van der Waals surface area contributed by atoms with Gasteiger partial charge in [-0.05, 0) is 30.7 Å². The van der Waals surface area contributed by atoms with Crippen LogP contribution in [0.4, 0.5) is 11.4 Å². The van der Waals surface area contributed by atoms with Gasteiger partial charge in [-0.15, -0.1) is 0 Å². The standard InChI is InChI=1S/C19H19N5O4S2/c1-23-19-16(13-21-23)24(10-5-11-30(26,27)28)17(29-19)9-8-14(12-20)18(25)22-15-6-3-2-4-7-15/h2-4,6-9,13H,5,10-11H2,1H3,(H,22,25)(H,26,27,28)/b14-8-,17-9-. The van der Waals surface area contributed by atoms with E-state index >= 15 is 0 Å². The molecule has 0 radical (unpaired) electrons. The van der Waals surface area contributed by atoms with Crippen LogP contribution in [0.5, 0.6) is 0 Å². The van der Waals surface area contributed by atoms with Gasteiger partial charge in [-0.3, -0.25) is 14.0 Å². The van der Waals surface area contributed by atoms with Gasteiger partial charge in [0.15, 0.2) is 0 Å². The molecule has 0 saturated heterocycles. The molecule has 0 unspecified atom stereocenters. The third kappa shape index (κ3) is 5.29. The minimum atomic E-state index is -4.06. The molecule has 0 aliphatic carbocycles. The molecule has 2 heterocycles. The van der Waals surface area contributed by atoms with Gasteiger partial charge in [0.05, 0.1) is 22.7 Å². The number of hydrogen-bond acceptors (Lipinski definition) is 7. The summed E-state index contributed by atoms with van der Waals surface area (Å²) in [6.07, 6.45) is 4.93. The third-order valence-electron chi connectivity index (χ3n) is 4.20. The molecule has 0 bridgehead atoms. The number of nitriles is 1. The van der Waals surface area contributed by atoms with Crippen LogP contribution in [0.2, 0.25) is 0 Å². The average molecular weight is 446 g/mol. The molecule has 30 heavy (non-hydrogen) atoms. The Kier molecular flexibility index (Phi) is 6.61. The number of aryl methyl sites for hydroxylation is 1. The van der Waals surface area contributed by atoms with Crippen LogP contribution in [0, 0.1) is 11.3 Å². The van der Waals surface area contributed by atoms with E-state index in [2.05, 4.69) is 10.4 Å². The molecular formula is C19H19N5O4S2. The second kappa shape index (κ2) is 9.17. The van der Waals surface area contributed by atoms with Crippen LogP contribution in [0.1, 0.15) is 6.42 Å². The number of fused-ring (bicyclic) bond motifs is 1. The number of benzene rings is 1. The van der Waals surface area contributed by atoms with Crippen molar-refractivity contribution in [2.75, 3.05) is 22.5 Å². The van der Waals surface area contributed by atoms with E-state index in [1.54, 1.807) is 48.3 Å². The quantitative estimate of drug-likeness (QED) is 0.378. The highest BCUT2D eigenvalue weighted by atomic mass is 32.2. The Balaban J connectivity index is 1.80. The molecule has 2 N–H and O–H groups in total. The zero-order chi connectivity index (χ0) is 21.7. The molecule has 3 rings (SSSR count). The summed E-state index contributed by atoms with van der Waals surface area (Å²) >= 11 is 1.39. The summed E-state index contributed by atoms with van der Waals surface area (Å²) in [5.74, 6) is -0.892. The van der Waals surface area contributed by atoms with Crippen LogP contribution in [-0.4, -0.2) is 41.0 Å². The molecule has 0 fully saturated rings. The zero-order valence-electron chi connectivity index (χ0n) is 16.0. The molecule has 0 spiro atoms. The van der Waals surface area contributed by atoms with Crippen molar-refractivity contribution in [1.29, 1.82) is 5.26 Å². The van der Waals surface area contributed by atoms with Gasteiger partial charge in [0.2, 0.25) is 0 Å². The molecular weight excluding hydrogens is 426 g/mol. The second-order valence-corrected chi connectivity index (χ2v) is 8.95. The van der Waals surface area contributed by atoms with Crippen LogP contribution < -0.4 is 10.2 Å². The van der Waals surface area contributed by atoms with Gasteiger partial charge >= 0.3 is 0 Å². The number of nitrogens with one attached hydrogen (secondary N) is 1. The molecule has 156 valence electrons. The summed E-state index contributed by atoms with van der Waals surface area (Å²) < 4.78 is 32.7. The number of aromatic nitrogens is 2. The van der Waals surface area contributed by atoms with Gasteiger partial charge in [0.25, 0.3) is 16.0 Å². The summed E-state index contributed by atoms with van der Waals surface area (Å²) in [5.41, 5.74) is 1.31. The van der Waals surface area contributed by atoms with E-state index in [4.69, 9.17) is 4.55 Å². The topological polar surface area (TPSA) is 128 Å².